The minimum absolute atomic E-state index is 0.0357. The van der Waals surface area contributed by atoms with Crippen LogP contribution in [-0.2, 0) is 9.05 Å². The van der Waals surface area contributed by atoms with Gasteiger partial charge in [0.15, 0.2) is 6.61 Å². The van der Waals surface area contributed by atoms with Crippen LogP contribution in [0.5, 0.6) is 5.75 Å². The van der Waals surface area contributed by atoms with Crippen molar-refractivity contribution in [1.29, 1.82) is 0 Å². The fourth-order valence-corrected chi connectivity index (χ4v) is 1.93. The van der Waals surface area contributed by atoms with Crippen LogP contribution in [0.3, 0.4) is 0 Å². The summed E-state index contributed by atoms with van der Waals surface area (Å²) in [5.74, 6) is -0.0357. The molecule has 17 heavy (non-hydrogen) atoms. The lowest BCUT2D eigenvalue weighted by Gasteiger charge is -2.11. The van der Waals surface area contributed by atoms with Crippen molar-refractivity contribution in [2.24, 2.45) is 0 Å². The Hall–Kier alpha value is -0.950. The Morgan fingerprint density at radius 2 is 1.94 bits per heavy atom. The molecule has 0 bridgehead atoms. The first kappa shape index (κ1) is 14.1. The van der Waals surface area contributed by atoms with E-state index in [-0.39, 0.29) is 16.2 Å². The van der Waals surface area contributed by atoms with Crippen molar-refractivity contribution < 1.29 is 26.3 Å². The lowest BCUT2D eigenvalue weighted by atomic mass is 10.2. The third kappa shape index (κ3) is 4.43. The number of alkyl halides is 3. The van der Waals surface area contributed by atoms with Gasteiger partial charge in [0.2, 0.25) is 0 Å². The van der Waals surface area contributed by atoms with Crippen LogP contribution in [0.2, 0.25) is 0 Å². The van der Waals surface area contributed by atoms with Crippen molar-refractivity contribution in [2.75, 3.05) is 6.61 Å². The van der Waals surface area contributed by atoms with Gasteiger partial charge in [-0.15, -0.1) is 0 Å². The second kappa shape index (κ2) is 4.73. The molecule has 0 saturated heterocycles. The van der Waals surface area contributed by atoms with Gasteiger partial charge in [-0.25, -0.2) is 8.42 Å². The van der Waals surface area contributed by atoms with Crippen LogP contribution in [0.25, 0.3) is 0 Å². The second-order valence-corrected chi connectivity index (χ2v) is 5.83. The van der Waals surface area contributed by atoms with Crippen molar-refractivity contribution in [3.05, 3.63) is 23.8 Å². The van der Waals surface area contributed by atoms with Crippen LogP contribution < -0.4 is 4.74 Å². The molecule has 0 amide bonds. The van der Waals surface area contributed by atoms with Crippen molar-refractivity contribution in [3.8, 4) is 5.75 Å². The van der Waals surface area contributed by atoms with Gasteiger partial charge in [-0.3, -0.25) is 0 Å². The zero-order chi connectivity index (χ0) is 13.3. The largest absolute Gasteiger partial charge is 0.484 e. The van der Waals surface area contributed by atoms with E-state index in [9.17, 15) is 21.6 Å². The third-order valence-corrected chi connectivity index (χ3v) is 3.17. The molecule has 0 aliphatic heterocycles. The molecule has 1 aromatic carbocycles. The highest BCUT2D eigenvalue weighted by Crippen LogP contribution is 2.25. The van der Waals surface area contributed by atoms with Crippen LogP contribution in [-0.4, -0.2) is 21.2 Å². The van der Waals surface area contributed by atoms with E-state index < -0.39 is 21.8 Å². The average Bonchev–Trinajstić information content (AvgIpc) is 2.12. The maximum atomic E-state index is 11.9. The minimum atomic E-state index is -4.44. The molecule has 0 fully saturated rings. The normalized spacial score (nSPS) is 12.5. The zero-order valence-electron chi connectivity index (χ0n) is 8.58. The van der Waals surface area contributed by atoms with E-state index in [2.05, 4.69) is 4.74 Å². The molecule has 0 radical (unpaired) electrons. The lowest BCUT2D eigenvalue weighted by Crippen LogP contribution is -2.19. The van der Waals surface area contributed by atoms with Gasteiger partial charge in [0.1, 0.15) is 5.75 Å². The Kier molecular flexibility index (Phi) is 3.93. The van der Waals surface area contributed by atoms with Crippen molar-refractivity contribution in [1.82, 2.24) is 0 Å². The molecule has 8 heteroatoms. The molecule has 0 spiro atoms. The van der Waals surface area contributed by atoms with Crippen LogP contribution in [0, 0.1) is 6.92 Å². The molecule has 1 rings (SSSR count). The molecule has 0 atom stereocenters. The van der Waals surface area contributed by atoms with Crippen LogP contribution in [0.4, 0.5) is 13.2 Å². The predicted octanol–water partition coefficient (Wildman–Crippen LogP) is 2.86. The van der Waals surface area contributed by atoms with Gasteiger partial charge in [0.25, 0.3) is 9.05 Å². The Labute approximate surface area is 101 Å². The lowest BCUT2D eigenvalue weighted by molar-refractivity contribution is -0.153. The van der Waals surface area contributed by atoms with Gasteiger partial charge in [0, 0.05) is 10.7 Å². The molecule has 0 unspecified atom stereocenters. The molecule has 96 valence electrons. The summed E-state index contributed by atoms with van der Waals surface area (Å²) in [7, 11) is 1.19. The molecule has 1 aromatic rings. The van der Waals surface area contributed by atoms with Gasteiger partial charge >= 0.3 is 6.18 Å². The predicted molar refractivity (Wildman–Crippen MR) is 55.8 cm³/mol. The highest BCUT2D eigenvalue weighted by molar-refractivity contribution is 8.13. The van der Waals surface area contributed by atoms with Crippen molar-refractivity contribution in [3.63, 3.8) is 0 Å². The molecule has 0 N–H and O–H groups in total. The number of rotatable bonds is 3. The topological polar surface area (TPSA) is 43.4 Å². The first-order valence-corrected chi connectivity index (χ1v) is 6.65. The van der Waals surface area contributed by atoms with Crippen LogP contribution in [0.15, 0.2) is 23.1 Å². The van der Waals surface area contributed by atoms with Crippen molar-refractivity contribution in [2.45, 2.75) is 18.0 Å². The number of ether oxygens (including phenoxy) is 1. The van der Waals surface area contributed by atoms with Gasteiger partial charge in [-0.2, -0.15) is 13.2 Å². The third-order valence-electron chi connectivity index (χ3n) is 1.82. The van der Waals surface area contributed by atoms with E-state index in [1.807, 2.05) is 0 Å². The molecule has 0 aliphatic carbocycles. The number of benzene rings is 1. The Morgan fingerprint density at radius 3 is 2.35 bits per heavy atom. The molecule has 0 saturated carbocycles. The molecular formula is C9H8ClF3O3S. The summed E-state index contributed by atoms with van der Waals surface area (Å²) in [5, 5.41) is 0. The molecule has 0 aliphatic rings. The van der Waals surface area contributed by atoms with E-state index in [4.69, 9.17) is 10.7 Å². The van der Waals surface area contributed by atoms with E-state index in [1.54, 1.807) is 0 Å². The number of hydrogen-bond donors (Lipinski definition) is 0. The van der Waals surface area contributed by atoms with Crippen LogP contribution in [0.1, 0.15) is 5.56 Å². The van der Waals surface area contributed by atoms with Gasteiger partial charge in [-0.1, -0.05) is 0 Å². The Balaban J connectivity index is 2.92. The minimum Gasteiger partial charge on any atom is -0.484 e. The SMILES string of the molecule is Cc1cc(S(=O)(=O)Cl)ccc1OCC(F)(F)F. The molecule has 0 aromatic heterocycles. The highest BCUT2D eigenvalue weighted by atomic mass is 35.7. The van der Waals surface area contributed by atoms with Crippen molar-refractivity contribution >= 4 is 19.7 Å². The van der Waals surface area contributed by atoms with Gasteiger partial charge in [0.05, 0.1) is 4.90 Å². The number of hydrogen-bond acceptors (Lipinski definition) is 3. The summed E-state index contributed by atoms with van der Waals surface area (Å²) < 4.78 is 62.1. The van der Waals surface area contributed by atoms with Crippen LogP contribution >= 0.6 is 10.7 Å². The molecule has 3 nitrogen and oxygen atoms in total. The number of halogens is 4. The zero-order valence-corrected chi connectivity index (χ0v) is 10.2. The summed E-state index contributed by atoms with van der Waals surface area (Å²) >= 11 is 0. The monoisotopic (exact) mass is 288 g/mol. The summed E-state index contributed by atoms with van der Waals surface area (Å²) in [6.07, 6.45) is -4.44. The average molecular weight is 289 g/mol. The fourth-order valence-electron chi connectivity index (χ4n) is 1.10. The second-order valence-electron chi connectivity index (χ2n) is 3.27. The van der Waals surface area contributed by atoms with Gasteiger partial charge < -0.3 is 4.74 Å². The maximum absolute atomic E-state index is 11.9. The first-order valence-electron chi connectivity index (χ1n) is 4.34. The summed E-state index contributed by atoms with van der Waals surface area (Å²) in [6, 6.07) is 3.37. The molecular weight excluding hydrogens is 281 g/mol. The first-order chi connectivity index (χ1) is 7.59. The van der Waals surface area contributed by atoms with E-state index in [0.717, 1.165) is 18.2 Å². The summed E-state index contributed by atoms with van der Waals surface area (Å²) in [6.45, 7) is -0.00190. The summed E-state index contributed by atoms with van der Waals surface area (Å²) in [4.78, 5) is -0.184. The van der Waals surface area contributed by atoms with E-state index >= 15 is 0 Å². The quantitative estimate of drug-likeness (QED) is 0.803. The fraction of sp³-hybridized carbons (Fsp3) is 0.333. The van der Waals surface area contributed by atoms with Gasteiger partial charge in [-0.05, 0) is 30.7 Å². The standard InChI is InChI=1S/C9H8ClF3O3S/c1-6-4-7(17(10,14)15)2-3-8(6)16-5-9(11,12)13/h2-4H,5H2,1H3. The Morgan fingerprint density at radius 1 is 1.35 bits per heavy atom. The summed E-state index contributed by atoms with van der Waals surface area (Å²) in [5.41, 5.74) is 0.260. The molecule has 0 heterocycles. The van der Waals surface area contributed by atoms with E-state index in [0.29, 0.717) is 0 Å². The maximum Gasteiger partial charge on any atom is 0.422 e. The highest BCUT2D eigenvalue weighted by Gasteiger charge is 2.28. The number of aryl methyl sites for hydroxylation is 1. The smallest absolute Gasteiger partial charge is 0.422 e. The Bertz CT molecular complexity index is 511. The van der Waals surface area contributed by atoms with E-state index in [1.165, 1.54) is 6.92 Å².